The minimum Gasteiger partial charge on any atom is -0.356 e. The highest BCUT2D eigenvalue weighted by molar-refractivity contribution is 7.09. The Kier molecular flexibility index (Phi) is 7.30. The van der Waals surface area contributed by atoms with Crippen molar-refractivity contribution in [1.82, 2.24) is 24.8 Å². The van der Waals surface area contributed by atoms with Crippen LogP contribution in [0.2, 0.25) is 0 Å². The van der Waals surface area contributed by atoms with E-state index in [0.29, 0.717) is 13.0 Å². The van der Waals surface area contributed by atoms with Crippen LogP contribution in [0.1, 0.15) is 42.1 Å². The number of imidazole rings is 1. The Bertz CT molecular complexity index is 957. The second-order valence-electron chi connectivity index (χ2n) is 8.06. The first-order valence-corrected chi connectivity index (χ1v) is 11.9. The molecule has 3 aromatic rings. The highest BCUT2D eigenvalue weighted by atomic mass is 32.1. The monoisotopic (exact) mass is 438 g/mol. The first kappa shape index (κ1) is 21.5. The Morgan fingerprint density at radius 1 is 1.29 bits per heavy atom. The zero-order chi connectivity index (χ0) is 21.5. The molecule has 1 fully saturated rings. The lowest BCUT2D eigenvalue weighted by molar-refractivity contribution is -0.121. The molecule has 1 atom stereocenters. The Balaban J connectivity index is 1.37. The highest BCUT2D eigenvalue weighted by Gasteiger charge is 2.26. The van der Waals surface area contributed by atoms with Gasteiger partial charge in [0.15, 0.2) is 0 Å². The van der Waals surface area contributed by atoms with Crippen LogP contribution < -0.4 is 10.2 Å². The predicted octanol–water partition coefficient (Wildman–Crippen LogP) is 3.39. The number of thiophene rings is 1. The minimum absolute atomic E-state index is 0.125. The van der Waals surface area contributed by atoms with Crippen LogP contribution in [-0.4, -0.2) is 44.6 Å². The van der Waals surface area contributed by atoms with Gasteiger partial charge in [-0.1, -0.05) is 6.07 Å². The van der Waals surface area contributed by atoms with Gasteiger partial charge in [-0.3, -0.25) is 4.79 Å². The fourth-order valence-corrected chi connectivity index (χ4v) is 4.81. The van der Waals surface area contributed by atoms with E-state index in [1.54, 1.807) is 17.5 Å². The number of nitrogens with one attached hydrogen (secondary N) is 1. The van der Waals surface area contributed by atoms with Gasteiger partial charge in [0.25, 0.3) is 0 Å². The largest absolute Gasteiger partial charge is 0.356 e. The number of anilines is 1. The standard InChI is InChI=1S/C23H30N6OS/c1-18-15-22(27-21(26-18)8-12-28-13-10-24-17-28)29-11-3-2-5-19(29)16-23(30)25-9-7-20-6-4-14-31-20/h4,6,10,13-15,17,19H,2-3,5,7-9,11-12,16H2,1H3,(H,25,30). The van der Waals surface area contributed by atoms with Gasteiger partial charge < -0.3 is 14.8 Å². The number of nitrogens with zero attached hydrogens (tertiary/aromatic N) is 5. The van der Waals surface area contributed by atoms with Crippen LogP contribution in [0.3, 0.4) is 0 Å². The van der Waals surface area contributed by atoms with E-state index in [1.807, 2.05) is 30.1 Å². The van der Waals surface area contributed by atoms with Crippen molar-refractivity contribution in [2.75, 3.05) is 18.0 Å². The number of amides is 1. The van der Waals surface area contributed by atoms with E-state index in [2.05, 4.69) is 37.7 Å². The molecular formula is C23H30N6OS. The SMILES string of the molecule is Cc1cc(N2CCCCC2CC(=O)NCCc2cccs2)nc(CCn2ccnc2)n1. The molecule has 8 heteroatoms. The molecule has 0 saturated carbocycles. The summed E-state index contributed by atoms with van der Waals surface area (Å²) in [7, 11) is 0. The van der Waals surface area contributed by atoms with E-state index >= 15 is 0 Å². The molecule has 0 spiro atoms. The molecule has 1 N–H and O–H groups in total. The van der Waals surface area contributed by atoms with Crippen molar-refractivity contribution in [2.24, 2.45) is 0 Å². The topological polar surface area (TPSA) is 75.9 Å². The first-order valence-electron chi connectivity index (χ1n) is 11.0. The third kappa shape index (κ3) is 6.13. The van der Waals surface area contributed by atoms with Gasteiger partial charge in [0.05, 0.1) is 6.33 Å². The molecule has 7 nitrogen and oxygen atoms in total. The van der Waals surface area contributed by atoms with E-state index in [-0.39, 0.29) is 11.9 Å². The number of hydrogen-bond acceptors (Lipinski definition) is 6. The number of carbonyl (C=O) groups is 1. The molecule has 1 saturated heterocycles. The van der Waals surface area contributed by atoms with Crippen LogP contribution >= 0.6 is 11.3 Å². The second kappa shape index (κ2) is 10.5. The third-order valence-electron chi connectivity index (χ3n) is 5.66. The van der Waals surface area contributed by atoms with E-state index in [9.17, 15) is 4.79 Å². The fourth-order valence-electron chi connectivity index (χ4n) is 4.10. The number of aryl methyl sites for hydroxylation is 3. The van der Waals surface area contributed by atoms with Gasteiger partial charge in [0.2, 0.25) is 5.91 Å². The quantitative estimate of drug-likeness (QED) is 0.554. The van der Waals surface area contributed by atoms with Crippen molar-refractivity contribution in [1.29, 1.82) is 0 Å². The third-order valence-corrected chi connectivity index (χ3v) is 6.59. The molecule has 0 bridgehead atoms. The summed E-state index contributed by atoms with van der Waals surface area (Å²) in [5, 5.41) is 5.17. The van der Waals surface area contributed by atoms with Crippen LogP contribution in [0, 0.1) is 6.92 Å². The van der Waals surface area contributed by atoms with Crippen LogP contribution in [0.25, 0.3) is 0 Å². The maximum Gasteiger partial charge on any atom is 0.222 e. The van der Waals surface area contributed by atoms with Crippen molar-refractivity contribution in [3.05, 3.63) is 58.7 Å². The lowest BCUT2D eigenvalue weighted by Gasteiger charge is -2.36. The van der Waals surface area contributed by atoms with Gasteiger partial charge in [0, 0.05) is 67.5 Å². The molecule has 4 rings (SSSR count). The van der Waals surface area contributed by atoms with Gasteiger partial charge in [-0.15, -0.1) is 11.3 Å². The number of piperidine rings is 1. The highest BCUT2D eigenvalue weighted by Crippen LogP contribution is 2.26. The summed E-state index contributed by atoms with van der Waals surface area (Å²) >= 11 is 1.73. The van der Waals surface area contributed by atoms with E-state index in [0.717, 1.165) is 62.5 Å². The number of aromatic nitrogens is 4. The molecule has 31 heavy (non-hydrogen) atoms. The summed E-state index contributed by atoms with van der Waals surface area (Å²) in [5.74, 6) is 1.91. The zero-order valence-corrected chi connectivity index (χ0v) is 18.9. The lowest BCUT2D eigenvalue weighted by atomic mass is 9.99. The van der Waals surface area contributed by atoms with Crippen molar-refractivity contribution in [3.8, 4) is 0 Å². The zero-order valence-electron chi connectivity index (χ0n) is 18.0. The molecular weight excluding hydrogens is 408 g/mol. The lowest BCUT2D eigenvalue weighted by Crippen LogP contribution is -2.43. The molecule has 0 aliphatic carbocycles. The van der Waals surface area contributed by atoms with E-state index < -0.39 is 0 Å². The smallest absolute Gasteiger partial charge is 0.222 e. The van der Waals surface area contributed by atoms with Crippen LogP contribution in [0.4, 0.5) is 5.82 Å². The predicted molar refractivity (Wildman–Crippen MR) is 123 cm³/mol. The molecule has 3 aromatic heterocycles. The van der Waals surface area contributed by atoms with Crippen molar-refractivity contribution in [3.63, 3.8) is 0 Å². The van der Waals surface area contributed by atoms with E-state index in [1.165, 1.54) is 4.88 Å². The Morgan fingerprint density at radius 3 is 3.03 bits per heavy atom. The van der Waals surface area contributed by atoms with Crippen molar-refractivity contribution in [2.45, 2.75) is 58.0 Å². The maximum atomic E-state index is 12.6. The number of rotatable bonds is 9. The second-order valence-corrected chi connectivity index (χ2v) is 9.09. The van der Waals surface area contributed by atoms with Crippen molar-refractivity contribution < 1.29 is 4.79 Å². The molecule has 4 heterocycles. The summed E-state index contributed by atoms with van der Waals surface area (Å²) in [6.07, 6.45) is 11.0. The Labute approximate surface area is 187 Å². The molecule has 1 unspecified atom stereocenters. The summed E-state index contributed by atoms with van der Waals surface area (Å²) in [5.41, 5.74) is 0.968. The van der Waals surface area contributed by atoms with Crippen LogP contribution in [0.15, 0.2) is 42.3 Å². The Hall–Kier alpha value is -2.74. The summed E-state index contributed by atoms with van der Waals surface area (Å²) < 4.78 is 2.04. The molecule has 1 aliphatic heterocycles. The maximum absolute atomic E-state index is 12.6. The van der Waals surface area contributed by atoms with Gasteiger partial charge in [-0.25, -0.2) is 15.0 Å². The van der Waals surface area contributed by atoms with Gasteiger partial charge in [-0.2, -0.15) is 0 Å². The molecule has 1 amide bonds. The molecule has 0 aromatic carbocycles. The summed E-state index contributed by atoms with van der Waals surface area (Å²) in [6, 6.07) is 6.40. The van der Waals surface area contributed by atoms with Crippen LogP contribution in [0.5, 0.6) is 0 Å². The first-order chi connectivity index (χ1) is 15.2. The fraction of sp³-hybridized carbons (Fsp3) is 0.478. The van der Waals surface area contributed by atoms with Crippen molar-refractivity contribution >= 4 is 23.1 Å². The average molecular weight is 439 g/mol. The van der Waals surface area contributed by atoms with Crippen LogP contribution in [-0.2, 0) is 24.2 Å². The average Bonchev–Trinajstić information content (AvgIpc) is 3.47. The Morgan fingerprint density at radius 2 is 2.23 bits per heavy atom. The molecule has 0 radical (unpaired) electrons. The molecule has 1 aliphatic rings. The normalized spacial score (nSPS) is 16.4. The number of hydrogen-bond donors (Lipinski definition) is 1. The van der Waals surface area contributed by atoms with Gasteiger partial charge >= 0.3 is 0 Å². The summed E-state index contributed by atoms with van der Waals surface area (Å²) in [4.78, 5) is 29.8. The number of carbonyl (C=O) groups excluding carboxylic acids is 1. The van der Waals surface area contributed by atoms with E-state index in [4.69, 9.17) is 4.98 Å². The molecule has 164 valence electrons. The minimum atomic E-state index is 0.125. The van der Waals surface area contributed by atoms with Gasteiger partial charge in [-0.05, 0) is 44.1 Å². The summed E-state index contributed by atoms with van der Waals surface area (Å²) in [6.45, 7) is 4.45. The van der Waals surface area contributed by atoms with Gasteiger partial charge in [0.1, 0.15) is 11.6 Å².